The predicted octanol–water partition coefficient (Wildman–Crippen LogP) is 1.07. The van der Waals surface area contributed by atoms with Gasteiger partial charge in [0.15, 0.2) is 0 Å². The van der Waals surface area contributed by atoms with Crippen molar-refractivity contribution in [2.75, 3.05) is 6.61 Å². The molecule has 5 nitrogen and oxygen atoms in total. The van der Waals surface area contributed by atoms with Gasteiger partial charge in [-0.15, -0.1) is 0 Å². The average molecular weight is 278 g/mol. The van der Waals surface area contributed by atoms with E-state index in [9.17, 15) is 14.7 Å². The molecule has 0 fully saturated rings. The summed E-state index contributed by atoms with van der Waals surface area (Å²) in [7, 11) is 0. The second kappa shape index (κ2) is 7.65. The molecule has 0 heterocycles. The van der Waals surface area contributed by atoms with Crippen molar-refractivity contribution in [2.45, 2.75) is 33.4 Å². The minimum Gasteiger partial charge on any atom is -0.394 e. The van der Waals surface area contributed by atoms with Crippen LogP contribution in [0, 0.1) is 5.92 Å². The molecule has 0 unspecified atom stereocenters. The van der Waals surface area contributed by atoms with Gasteiger partial charge in [-0.1, -0.05) is 26.0 Å². The molecule has 1 aromatic carbocycles. The highest BCUT2D eigenvalue weighted by atomic mass is 16.3. The third-order valence-electron chi connectivity index (χ3n) is 3.08. The number of carbonyl (C=O) groups is 2. The summed E-state index contributed by atoms with van der Waals surface area (Å²) in [5.74, 6) is -0.124. The van der Waals surface area contributed by atoms with Crippen LogP contribution in [-0.2, 0) is 11.3 Å². The third-order valence-corrected chi connectivity index (χ3v) is 3.08. The summed E-state index contributed by atoms with van der Waals surface area (Å²) in [6, 6.07) is 6.77. The molecule has 3 N–H and O–H groups in total. The summed E-state index contributed by atoms with van der Waals surface area (Å²) in [6.07, 6.45) is 0. The van der Waals surface area contributed by atoms with Crippen molar-refractivity contribution in [3.05, 3.63) is 35.4 Å². The monoisotopic (exact) mass is 278 g/mol. The zero-order valence-corrected chi connectivity index (χ0v) is 12.1. The van der Waals surface area contributed by atoms with Crippen LogP contribution in [0.15, 0.2) is 24.3 Å². The molecular formula is C15H22N2O3. The summed E-state index contributed by atoms with van der Waals surface area (Å²) in [4.78, 5) is 22.8. The lowest BCUT2D eigenvalue weighted by Gasteiger charge is -2.19. The van der Waals surface area contributed by atoms with Gasteiger partial charge in [0, 0.05) is 19.0 Å². The lowest BCUT2D eigenvalue weighted by Crippen LogP contribution is -2.41. The van der Waals surface area contributed by atoms with E-state index in [1.165, 1.54) is 6.92 Å². The van der Waals surface area contributed by atoms with E-state index < -0.39 is 0 Å². The number of nitrogens with one attached hydrogen (secondary N) is 2. The van der Waals surface area contributed by atoms with Crippen molar-refractivity contribution < 1.29 is 14.7 Å². The Bertz CT molecular complexity index is 455. The van der Waals surface area contributed by atoms with Crippen LogP contribution >= 0.6 is 0 Å². The fourth-order valence-electron chi connectivity index (χ4n) is 1.68. The Morgan fingerprint density at radius 2 is 1.80 bits per heavy atom. The molecule has 0 aromatic heterocycles. The van der Waals surface area contributed by atoms with Gasteiger partial charge in [0.25, 0.3) is 5.91 Å². The Balaban J connectivity index is 2.63. The van der Waals surface area contributed by atoms with E-state index in [4.69, 9.17) is 0 Å². The maximum atomic E-state index is 12.0. The molecule has 0 saturated carbocycles. The minimum atomic E-state index is -0.249. The van der Waals surface area contributed by atoms with E-state index in [-0.39, 0.29) is 30.4 Å². The molecule has 1 atom stereocenters. The molecule has 2 amide bonds. The zero-order chi connectivity index (χ0) is 15.1. The van der Waals surface area contributed by atoms with Crippen molar-refractivity contribution in [3.8, 4) is 0 Å². The van der Waals surface area contributed by atoms with Crippen molar-refractivity contribution in [3.63, 3.8) is 0 Å². The zero-order valence-electron chi connectivity index (χ0n) is 12.1. The predicted molar refractivity (Wildman–Crippen MR) is 77.1 cm³/mol. The molecule has 110 valence electrons. The van der Waals surface area contributed by atoms with Gasteiger partial charge in [-0.3, -0.25) is 9.59 Å². The van der Waals surface area contributed by atoms with Crippen molar-refractivity contribution >= 4 is 11.8 Å². The smallest absolute Gasteiger partial charge is 0.251 e. The van der Waals surface area contributed by atoms with Crippen LogP contribution in [0.5, 0.6) is 0 Å². The Labute approximate surface area is 119 Å². The van der Waals surface area contributed by atoms with Gasteiger partial charge in [0.1, 0.15) is 0 Å². The van der Waals surface area contributed by atoms with Gasteiger partial charge in [-0.05, 0) is 23.6 Å². The maximum absolute atomic E-state index is 12.0. The molecule has 20 heavy (non-hydrogen) atoms. The second-order valence-electron chi connectivity index (χ2n) is 5.11. The number of carbonyl (C=O) groups excluding carboxylic acids is 2. The van der Waals surface area contributed by atoms with Gasteiger partial charge >= 0.3 is 0 Å². The van der Waals surface area contributed by atoms with Crippen LogP contribution in [0.4, 0.5) is 0 Å². The molecule has 0 aliphatic rings. The highest BCUT2D eigenvalue weighted by Gasteiger charge is 2.15. The van der Waals surface area contributed by atoms with Crippen LogP contribution in [0.1, 0.15) is 36.7 Å². The van der Waals surface area contributed by atoms with E-state index in [0.29, 0.717) is 12.1 Å². The number of rotatable bonds is 6. The molecule has 0 saturated heterocycles. The molecule has 0 radical (unpaired) electrons. The van der Waals surface area contributed by atoms with Gasteiger partial charge in [0.2, 0.25) is 5.91 Å². The van der Waals surface area contributed by atoms with Gasteiger partial charge in [0.05, 0.1) is 12.6 Å². The van der Waals surface area contributed by atoms with E-state index >= 15 is 0 Å². The molecule has 5 heteroatoms. The number of hydrogen-bond donors (Lipinski definition) is 3. The van der Waals surface area contributed by atoms with E-state index in [0.717, 1.165) is 5.56 Å². The molecule has 1 rings (SSSR count). The lowest BCUT2D eigenvalue weighted by atomic mass is 10.0. The SMILES string of the molecule is CC(=O)NCc1ccc(C(=O)N[C@H](CO)C(C)C)cc1. The Morgan fingerprint density at radius 3 is 2.25 bits per heavy atom. The quantitative estimate of drug-likeness (QED) is 0.728. The van der Waals surface area contributed by atoms with Crippen LogP contribution < -0.4 is 10.6 Å². The van der Waals surface area contributed by atoms with Gasteiger partial charge < -0.3 is 15.7 Å². The highest BCUT2D eigenvalue weighted by Crippen LogP contribution is 2.07. The molecule has 0 bridgehead atoms. The highest BCUT2D eigenvalue weighted by molar-refractivity contribution is 5.94. The second-order valence-corrected chi connectivity index (χ2v) is 5.11. The molecule has 0 spiro atoms. The Morgan fingerprint density at radius 1 is 1.20 bits per heavy atom. The van der Waals surface area contributed by atoms with Crippen LogP contribution in [0.3, 0.4) is 0 Å². The molecule has 1 aromatic rings. The topological polar surface area (TPSA) is 78.4 Å². The average Bonchev–Trinajstić information content (AvgIpc) is 2.42. The number of benzene rings is 1. The summed E-state index contributed by atoms with van der Waals surface area (Å²) >= 11 is 0. The van der Waals surface area contributed by atoms with E-state index in [1.54, 1.807) is 24.3 Å². The third kappa shape index (κ3) is 5.01. The first-order valence-electron chi connectivity index (χ1n) is 6.69. The molecular weight excluding hydrogens is 256 g/mol. The van der Waals surface area contributed by atoms with Crippen LogP contribution in [-0.4, -0.2) is 29.6 Å². The maximum Gasteiger partial charge on any atom is 0.251 e. The Kier molecular flexibility index (Phi) is 6.18. The minimum absolute atomic E-state index is 0.0793. The van der Waals surface area contributed by atoms with Crippen LogP contribution in [0.2, 0.25) is 0 Å². The summed E-state index contributed by atoms with van der Waals surface area (Å²) in [5, 5.41) is 14.7. The number of aliphatic hydroxyl groups is 1. The number of amides is 2. The molecule has 0 aliphatic carbocycles. The summed E-state index contributed by atoms with van der Waals surface area (Å²) < 4.78 is 0. The first kappa shape index (κ1) is 16.2. The first-order valence-corrected chi connectivity index (χ1v) is 6.69. The normalized spacial score (nSPS) is 12.1. The fraction of sp³-hybridized carbons (Fsp3) is 0.467. The van der Waals surface area contributed by atoms with Gasteiger partial charge in [-0.2, -0.15) is 0 Å². The summed E-state index contributed by atoms with van der Waals surface area (Å²) in [5.41, 5.74) is 1.47. The number of aliphatic hydroxyl groups excluding tert-OH is 1. The van der Waals surface area contributed by atoms with Crippen molar-refractivity contribution in [1.82, 2.24) is 10.6 Å². The summed E-state index contributed by atoms with van der Waals surface area (Å²) in [6.45, 7) is 5.71. The first-order chi connectivity index (χ1) is 9.43. The van der Waals surface area contributed by atoms with E-state index in [2.05, 4.69) is 10.6 Å². The largest absolute Gasteiger partial charge is 0.394 e. The van der Waals surface area contributed by atoms with Crippen molar-refractivity contribution in [2.24, 2.45) is 5.92 Å². The Hall–Kier alpha value is -1.88. The van der Waals surface area contributed by atoms with Crippen molar-refractivity contribution in [1.29, 1.82) is 0 Å². The number of hydrogen-bond acceptors (Lipinski definition) is 3. The lowest BCUT2D eigenvalue weighted by molar-refractivity contribution is -0.119. The molecule has 0 aliphatic heterocycles. The fourth-order valence-corrected chi connectivity index (χ4v) is 1.68. The van der Waals surface area contributed by atoms with Crippen LogP contribution in [0.25, 0.3) is 0 Å². The van der Waals surface area contributed by atoms with E-state index in [1.807, 2.05) is 13.8 Å². The van der Waals surface area contributed by atoms with Gasteiger partial charge in [-0.25, -0.2) is 0 Å². The standard InChI is InChI=1S/C15H22N2O3/c1-10(2)14(9-18)17-15(20)13-6-4-12(5-7-13)8-16-11(3)19/h4-7,10,14,18H,8-9H2,1-3H3,(H,16,19)(H,17,20)/t14-/m1/s1.